The van der Waals surface area contributed by atoms with Crippen LogP contribution in [-0.2, 0) is 4.74 Å². The Hall–Kier alpha value is -3.33. The largest absolute Gasteiger partial charge is 0.496 e. The van der Waals surface area contributed by atoms with Gasteiger partial charge in [-0.15, -0.1) is 0 Å². The highest BCUT2D eigenvalue weighted by Crippen LogP contribution is 2.24. The van der Waals surface area contributed by atoms with Crippen molar-refractivity contribution in [1.82, 2.24) is 4.98 Å². The monoisotopic (exact) mass is 366 g/mol. The average Bonchev–Trinajstić information content (AvgIpc) is 2.93. The van der Waals surface area contributed by atoms with E-state index in [9.17, 15) is 14.9 Å². The van der Waals surface area contributed by atoms with E-state index in [0.29, 0.717) is 22.4 Å². The summed E-state index contributed by atoms with van der Waals surface area (Å²) in [4.78, 5) is 27.9. The first-order chi connectivity index (χ1) is 12.8. The number of hydrogen-bond donors (Lipinski definition) is 1. The summed E-state index contributed by atoms with van der Waals surface area (Å²) in [5.41, 5.74) is 3.14. The van der Waals surface area contributed by atoms with Crippen molar-refractivity contribution in [1.29, 1.82) is 5.26 Å². The molecule has 0 unspecified atom stereocenters. The molecule has 0 aliphatic heterocycles. The van der Waals surface area contributed by atoms with Gasteiger partial charge < -0.3 is 14.5 Å². The molecule has 140 valence electrons. The number of nitrogens with one attached hydrogen (secondary N) is 1. The summed E-state index contributed by atoms with van der Waals surface area (Å²) < 4.78 is 10.3. The minimum atomic E-state index is -0.490. The highest BCUT2D eigenvalue weighted by atomic mass is 16.5. The highest BCUT2D eigenvalue weighted by Gasteiger charge is 2.24. The number of H-pyrrole nitrogens is 1. The first kappa shape index (κ1) is 20.0. The Kier molecular flexibility index (Phi) is 6.19. The van der Waals surface area contributed by atoms with Gasteiger partial charge in [0, 0.05) is 5.69 Å². The number of carbonyl (C=O) groups excluding carboxylic acids is 2. The molecule has 2 rings (SSSR count). The Morgan fingerprint density at radius 2 is 1.96 bits per heavy atom. The molecule has 2 aromatic rings. The van der Waals surface area contributed by atoms with Crippen LogP contribution in [0.5, 0.6) is 5.75 Å². The smallest absolute Gasteiger partial charge is 0.340 e. The number of aromatic nitrogens is 1. The van der Waals surface area contributed by atoms with E-state index in [1.54, 1.807) is 40.0 Å². The van der Waals surface area contributed by atoms with E-state index in [-0.39, 0.29) is 17.9 Å². The zero-order valence-corrected chi connectivity index (χ0v) is 16.1. The summed E-state index contributed by atoms with van der Waals surface area (Å²) in [5, 5.41) is 9.48. The first-order valence-corrected chi connectivity index (χ1v) is 8.51. The maximum Gasteiger partial charge on any atom is 0.340 e. The molecule has 27 heavy (non-hydrogen) atoms. The van der Waals surface area contributed by atoms with Gasteiger partial charge in [-0.2, -0.15) is 5.26 Å². The van der Waals surface area contributed by atoms with Crippen LogP contribution in [0, 0.1) is 32.1 Å². The fraction of sp³-hybridized carbons (Fsp3) is 0.286. The zero-order valence-electron chi connectivity index (χ0n) is 16.1. The van der Waals surface area contributed by atoms with Crippen molar-refractivity contribution in [2.24, 2.45) is 0 Å². The molecule has 0 amide bonds. The number of allylic oxidation sites excluding steroid dienone is 1. The Labute approximate surface area is 158 Å². The molecule has 1 heterocycles. The number of nitriles is 1. The van der Waals surface area contributed by atoms with E-state index >= 15 is 0 Å². The molecule has 0 aliphatic carbocycles. The number of ether oxygens (including phenoxy) is 2. The van der Waals surface area contributed by atoms with Gasteiger partial charge in [-0.3, -0.25) is 4.79 Å². The van der Waals surface area contributed by atoms with Crippen LogP contribution < -0.4 is 4.74 Å². The Morgan fingerprint density at radius 3 is 2.52 bits per heavy atom. The number of nitrogens with zero attached hydrogens (tertiary/aromatic N) is 1. The first-order valence-electron chi connectivity index (χ1n) is 8.51. The summed E-state index contributed by atoms with van der Waals surface area (Å²) in [5.74, 6) is -0.231. The number of aromatic amines is 1. The third-order valence-corrected chi connectivity index (χ3v) is 4.24. The second-order valence-electron chi connectivity index (χ2n) is 6.07. The van der Waals surface area contributed by atoms with Crippen LogP contribution in [-0.4, -0.2) is 30.5 Å². The van der Waals surface area contributed by atoms with E-state index in [4.69, 9.17) is 9.47 Å². The summed E-state index contributed by atoms with van der Waals surface area (Å²) in [7, 11) is 1.58. The average molecular weight is 366 g/mol. The molecule has 0 fully saturated rings. The third kappa shape index (κ3) is 4.09. The summed E-state index contributed by atoms with van der Waals surface area (Å²) in [6.45, 7) is 7.20. The standard InChI is InChI=1S/C21H22N2O4/c1-6-27-21(25)18-13(3)19(23-14(18)4)20(24)16(11-22)10-15-7-8-17(26-5)12(2)9-15/h7-10,23H,6H2,1-5H3/b16-10+. The lowest BCUT2D eigenvalue weighted by Gasteiger charge is -2.05. The molecule has 0 bridgehead atoms. The molecule has 1 aromatic carbocycles. The van der Waals surface area contributed by atoms with Crippen LogP contribution in [0.25, 0.3) is 6.08 Å². The van der Waals surface area contributed by atoms with Crippen LogP contribution in [0.1, 0.15) is 50.2 Å². The van der Waals surface area contributed by atoms with E-state index in [1.165, 1.54) is 6.08 Å². The van der Waals surface area contributed by atoms with Gasteiger partial charge in [-0.25, -0.2) is 4.79 Å². The Bertz CT molecular complexity index is 961. The van der Waals surface area contributed by atoms with E-state index < -0.39 is 11.8 Å². The number of rotatable bonds is 6. The number of methoxy groups -OCH3 is 1. The molecule has 1 N–H and O–H groups in total. The van der Waals surface area contributed by atoms with Gasteiger partial charge in [0.15, 0.2) is 0 Å². The van der Waals surface area contributed by atoms with Gasteiger partial charge in [0.2, 0.25) is 5.78 Å². The van der Waals surface area contributed by atoms with Gasteiger partial charge in [0.1, 0.15) is 17.4 Å². The molecule has 0 saturated carbocycles. The van der Waals surface area contributed by atoms with Gasteiger partial charge in [0.25, 0.3) is 0 Å². The van der Waals surface area contributed by atoms with Gasteiger partial charge in [-0.1, -0.05) is 6.07 Å². The SMILES string of the molecule is CCOC(=O)c1c(C)[nH]c(C(=O)/C(C#N)=C/c2ccc(OC)c(C)c2)c1C. The normalized spacial score (nSPS) is 11.0. The summed E-state index contributed by atoms with van der Waals surface area (Å²) in [6.07, 6.45) is 1.52. The quantitative estimate of drug-likeness (QED) is 0.362. The second kappa shape index (κ2) is 8.37. The maximum atomic E-state index is 12.9. The van der Waals surface area contributed by atoms with E-state index in [0.717, 1.165) is 11.3 Å². The van der Waals surface area contributed by atoms with Crippen molar-refractivity contribution in [3.8, 4) is 11.8 Å². The van der Waals surface area contributed by atoms with Crippen molar-refractivity contribution in [3.05, 3.63) is 57.4 Å². The Morgan fingerprint density at radius 1 is 1.26 bits per heavy atom. The summed E-state index contributed by atoms with van der Waals surface area (Å²) in [6, 6.07) is 7.34. The van der Waals surface area contributed by atoms with Gasteiger partial charge >= 0.3 is 5.97 Å². The van der Waals surface area contributed by atoms with Gasteiger partial charge in [0.05, 0.1) is 25.0 Å². The number of benzene rings is 1. The van der Waals surface area contributed by atoms with Crippen molar-refractivity contribution in [2.45, 2.75) is 27.7 Å². The molecule has 0 atom stereocenters. The lowest BCUT2D eigenvalue weighted by Crippen LogP contribution is -2.08. The molecule has 0 radical (unpaired) electrons. The number of esters is 1. The van der Waals surface area contributed by atoms with E-state index in [2.05, 4.69) is 4.98 Å². The minimum absolute atomic E-state index is 0.0284. The minimum Gasteiger partial charge on any atom is -0.496 e. The van der Waals surface area contributed by atoms with Crippen LogP contribution in [0.4, 0.5) is 0 Å². The highest BCUT2D eigenvalue weighted by molar-refractivity contribution is 6.15. The zero-order chi connectivity index (χ0) is 20.1. The predicted molar refractivity (Wildman–Crippen MR) is 102 cm³/mol. The number of aryl methyl sites for hydroxylation is 2. The lowest BCUT2D eigenvalue weighted by molar-refractivity contribution is 0.0525. The van der Waals surface area contributed by atoms with Crippen LogP contribution >= 0.6 is 0 Å². The van der Waals surface area contributed by atoms with Crippen molar-refractivity contribution in [2.75, 3.05) is 13.7 Å². The molecule has 0 spiro atoms. The van der Waals surface area contributed by atoms with Crippen molar-refractivity contribution in [3.63, 3.8) is 0 Å². The number of hydrogen-bond acceptors (Lipinski definition) is 5. The lowest BCUT2D eigenvalue weighted by atomic mass is 10.0. The molecular weight excluding hydrogens is 344 g/mol. The van der Waals surface area contributed by atoms with Crippen LogP contribution in [0.2, 0.25) is 0 Å². The molecule has 6 heteroatoms. The van der Waals surface area contributed by atoms with Crippen molar-refractivity contribution < 1.29 is 19.1 Å². The van der Waals surface area contributed by atoms with E-state index in [1.807, 2.05) is 19.1 Å². The van der Waals surface area contributed by atoms with Crippen molar-refractivity contribution >= 4 is 17.8 Å². The predicted octanol–water partition coefficient (Wildman–Crippen LogP) is 3.92. The third-order valence-electron chi connectivity index (χ3n) is 4.24. The Balaban J connectivity index is 2.43. The fourth-order valence-corrected chi connectivity index (χ4v) is 2.93. The molecular formula is C21H22N2O4. The fourth-order valence-electron chi connectivity index (χ4n) is 2.93. The molecule has 0 saturated heterocycles. The molecule has 1 aromatic heterocycles. The number of ketones is 1. The van der Waals surface area contributed by atoms with Gasteiger partial charge in [-0.05, 0) is 62.6 Å². The number of carbonyl (C=O) groups is 2. The number of Topliss-reactive ketones (excluding diaryl/α,β-unsaturated/α-hetero) is 1. The van der Waals surface area contributed by atoms with Crippen LogP contribution in [0.3, 0.4) is 0 Å². The molecule has 6 nitrogen and oxygen atoms in total. The molecule has 0 aliphatic rings. The second-order valence-corrected chi connectivity index (χ2v) is 6.07. The maximum absolute atomic E-state index is 12.9. The van der Waals surface area contributed by atoms with Crippen LogP contribution in [0.15, 0.2) is 23.8 Å². The topological polar surface area (TPSA) is 92.2 Å². The summed E-state index contributed by atoms with van der Waals surface area (Å²) >= 11 is 0.